The van der Waals surface area contributed by atoms with Gasteiger partial charge in [0.15, 0.2) is 0 Å². The Kier molecular flexibility index (Phi) is 5.26. The summed E-state index contributed by atoms with van der Waals surface area (Å²) in [5.74, 6) is 0.254. The van der Waals surface area contributed by atoms with Gasteiger partial charge in [-0.05, 0) is 43.0 Å². The Bertz CT molecular complexity index is 314. The molecule has 0 fully saturated rings. The van der Waals surface area contributed by atoms with Crippen molar-refractivity contribution in [1.29, 1.82) is 0 Å². The Hall–Kier alpha value is -0.410. The van der Waals surface area contributed by atoms with Gasteiger partial charge in [0, 0.05) is 4.47 Å². The first-order chi connectivity index (χ1) is 7.17. The van der Waals surface area contributed by atoms with Crippen LogP contribution in [0.5, 0.6) is 0 Å². The molecule has 0 heterocycles. The predicted molar refractivity (Wildman–Crippen MR) is 65.3 cm³/mol. The van der Waals surface area contributed by atoms with E-state index in [2.05, 4.69) is 22.9 Å². The van der Waals surface area contributed by atoms with Crippen LogP contribution in [-0.2, 0) is 6.42 Å². The Labute approximate surface area is 99.0 Å². The molecule has 0 aromatic heterocycles. The first kappa shape index (κ1) is 12.7. The Balaban J connectivity index is 2.70. The second-order valence-electron chi connectivity index (χ2n) is 3.83. The highest BCUT2D eigenvalue weighted by Gasteiger charge is 2.10. The van der Waals surface area contributed by atoms with E-state index in [0.717, 1.165) is 29.3 Å². The lowest BCUT2D eigenvalue weighted by atomic mass is 9.95. The van der Waals surface area contributed by atoms with E-state index in [1.807, 2.05) is 12.1 Å². The number of hydrogen-bond acceptors (Lipinski definition) is 1. The highest BCUT2D eigenvalue weighted by atomic mass is 79.9. The van der Waals surface area contributed by atoms with E-state index in [1.165, 1.54) is 6.07 Å². The molecule has 1 rings (SSSR count). The Morgan fingerprint density at radius 3 is 2.73 bits per heavy atom. The molecule has 84 valence electrons. The fourth-order valence-corrected chi connectivity index (χ4v) is 2.04. The molecule has 0 aliphatic carbocycles. The van der Waals surface area contributed by atoms with Gasteiger partial charge in [-0.15, -0.1) is 0 Å². The second-order valence-corrected chi connectivity index (χ2v) is 4.75. The van der Waals surface area contributed by atoms with Crippen molar-refractivity contribution in [2.24, 2.45) is 11.7 Å². The lowest BCUT2D eigenvalue weighted by Crippen LogP contribution is -2.17. The third-order valence-electron chi connectivity index (χ3n) is 2.55. The number of nitrogens with two attached hydrogens (primary N) is 1. The van der Waals surface area contributed by atoms with Crippen LogP contribution < -0.4 is 5.73 Å². The van der Waals surface area contributed by atoms with E-state index in [0.29, 0.717) is 12.5 Å². The van der Waals surface area contributed by atoms with Crippen LogP contribution >= 0.6 is 15.9 Å². The minimum absolute atomic E-state index is 0.140. The quantitative estimate of drug-likeness (QED) is 0.873. The van der Waals surface area contributed by atoms with Crippen LogP contribution in [0.15, 0.2) is 22.7 Å². The van der Waals surface area contributed by atoms with Crippen molar-refractivity contribution < 1.29 is 4.39 Å². The molecule has 1 aromatic carbocycles. The lowest BCUT2D eigenvalue weighted by Gasteiger charge is -2.14. The number of halogens is 2. The molecule has 0 saturated heterocycles. The molecule has 1 unspecified atom stereocenters. The van der Waals surface area contributed by atoms with Crippen LogP contribution in [0.1, 0.15) is 25.3 Å². The van der Waals surface area contributed by atoms with Gasteiger partial charge in [-0.3, -0.25) is 0 Å². The molecule has 15 heavy (non-hydrogen) atoms. The van der Waals surface area contributed by atoms with Crippen molar-refractivity contribution in [2.75, 3.05) is 6.54 Å². The molecule has 1 aromatic rings. The normalized spacial score (nSPS) is 12.8. The largest absolute Gasteiger partial charge is 0.330 e. The topological polar surface area (TPSA) is 26.0 Å². The van der Waals surface area contributed by atoms with Gasteiger partial charge < -0.3 is 5.73 Å². The fourth-order valence-electron chi connectivity index (χ4n) is 1.71. The summed E-state index contributed by atoms with van der Waals surface area (Å²) < 4.78 is 14.3. The SMILES string of the molecule is CCCC(CN)Cc1ccc(Br)cc1F. The van der Waals surface area contributed by atoms with Gasteiger partial charge in [0.2, 0.25) is 0 Å². The van der Waals surface area contributed by atoms with Gasteiger partial charge in [0.25, 0.3) is 0 Å². The molecule has 0 spiro atoms. The number of benzene rings is 1. The van der Waals surface area contributed by atoms with E-state index < -0.39 is 0 Å². The van der Waals surface area contributed by atoms with Crippen LogP contribution in [-0.4, -0.2) is 6.54 Å². The monoisotopic (exact) mass is 273 g/mol. The van der Waals surface area contributed by atoms with Crippen LogP contribution in [0, 0.1) is 11.7 Å². The molecule has 0 saturated carbocycles. The predicted octanol–water partition coefficient (Wildman–Crippen LogP) is 3.51. The van der Waals surface area contributed by atoms with Gasteiger partial charge in [0.05, 0.1) is 0 Å². The first-order valence-corrected chi connectivity index (χ1v) is 6.10. The molecule has 3 heteroatoms. The molecule has 1 nitrogen and oxygen atoms in total. The summed E-state index contributed by atoms with van der Waals surface area (Å²) in [6.45, 7) is 2.75. The van der Waals surface area contributed by atoms with E-state index in [9.17, 15) is 4.39 Å². The van der Waals surface area contributed by atoms with Crippen LogP contribution in [0.25, 0.3) is 0 Å². The van der Waals surface area contributed by atoms with Gasteiger partial charge in [-0.2, -0.15) is 0 Å². The van der Waals surface area contributed by atoms with Gasteiger partial charge in [-0.25, -0.2) is 4.39 Å². The minimum atomic E-state index is -0.140. The van der Waals surface area contributed by atoms with Crippen molar-refractivity contribution in [2.45, 2.75) is 26.2 Å². The molecule has 0 bridgehead atoms. The van der Waals surface area contributed by atoms with Gasteiger partial charge >= 0.3 is 0 Å². The molecule has 0 aliphatic heterocycles. The molecule has 0 radical (unpaired) electrons. The highest BCUT2D eigenvalue weighted by Crippen LogP contribution is 2.19. The van der Waals surface area contributed by atoms with Crippen molar-refractivity contribution in [3.05, 3.63) is 34.1 Å². The zero-order chi connectivity index (χ0) is 11.3. The zero-order valence-corrected chi connectivity index (χ0v) is 10.6. The summed E-state index contributed by atoms with van der Waals surface area (Å²) >= 11 is 3.25. The molecule has 2 N–H and O–H groups in total. The van der Waals surface area contributed by atoms with E-state index in [-0.39, 0.29) is 5.82 Å². The molecular weight excluding hydrogens is 257 g/mol. The fraction of sp³-hybridized carbons (Fsp3) is 0.500. The molecule has 0 amide bonds. The Morgan fingerprint density at radius 2 is 2.20 bits per heavy atom. The zero-order valence-electron chi connectivity index (χ0n) is 8.97. The van der Waals surface area contributed by atoms with Crippen molar-refractivity contribution in [3.8, 4) is 0 Å². The molecule has 1 atom stereocenters. The van der Waals surface area contributed by atoms with E-state index in [4.69, 9.17) is 5.73 Å². The van der Waals surface area contributed by atoms with Crippen LogP contribution in [0.2, 0.25) is 0 Å². The standard InChI is InChI=1S/C12H17BrFN/c1-2-3-9(8-15)6-10-4-5-11(13)7-12(10)14/h4-5,7,9H,2-3,6,8,15H2,1H3. The van der Waals surface area contributed by atoms with Crippen molar-refractivity contribution in [3.63, 3.8) is 0 Å². The summed E-state index contributed by atoms with van der Waals surface area (Å²) in [5.41, 5.74) is 6.42. The summed E-state index contributed by atoms with van der Waals surface area (Å²) in [4.78, 5) is 0. The maximum atomic E-state index is 13.5. The first-order valence-electron chi connectivity index (χ1n) is 5.31. The minimum Gasteiger partial charge on any atom is -0.330 e. The number of hydrogen-bond donors (Lipinski definition) is 1. The van der Waals surface area contributed by atoms with Crippen molar-refractivity contribution in [1.82, 2.24) is 0 Å². The molecule has 0 aliphatic rings. The maximum absolute atomic E-state index is 13.5. The van der Waals surface area contributed by atoms with Crippen LogP contribution in [0.3, 0.4) is 0 Å². The summed E-state index contributed by atoms with van der Waals surface area (Å²) in [7, 11) is 0. The van der Waals surface area contributed by atoms with E-state index in [1.54, 1.807) is 0 Å². The van der Waals surface area contributed by atoms with Crippen molar-refractivity contribution >= 4 is 15.9 Å². The molecular formula is C12H17BrFN. The third kappa shape index (κ3) is 3.92. The summed E-state index contributed by atoms with van der Waals surface area (Å²) in [5, 5.41) is 0. The van der Waals surface area contributed by atoms with E-state index >= 15 is 0 Å². The smallest absolute Gasteiger partial charge is 0.127 e. The third-order valence-corrected chi connectivity index (χ3v) is 3.05. The maximum Gasteiger partial charge on any atom is 0.127 e. The van der Waals surface area contributed by atoms with Gasteiger partial charge in [-0.1, -0.05) is 35.3 Å². The summed E-state index contributed by atoms with van der Waals surface area (Å²) in [6.07, 6.45) is 2.90. The number of rotatable bonds is 5. The lowest BCUT2D eigenvalue weighted by molar-refractivity contribution is 0.474. The average molecular weight is 274 g/mol. The highest BCUT2D eigenvalue weighted by molar-refractivity contribution is 9.10. The summed E-state index contributed by atoms with van der Waals surface area (Å²) in [6, 6.07) is 5.21. The van der Waals surface area contributed by atoms with Crippen LogP contribution in [0.4, 0.5) is 4.39 Å². The average Bonchev–Trinajstić information content (AvgIpc) is 2.21. The Morgan fingerprint density at radius 1 is 1.47 bits per heavy atom. The van der Waals surface area contributed by atoms with Gasteiger partial charge in [0.1, 0.15) is 5.82 Å². The second kappa shape index (κ2) is 6.23.